The number of piperazine rings is 1. The molecule has 30 heavy (non-hydrogen) atoms. The van der Waals surface area contributed by atoms with Gasteiger partial charge in [0, 0.05) is 70.8 Å². The first-order valence-electron chi connectivity index (χ1n) is 10.9. The maximum Gasteiger partial charge on any atom is 0.225 e. The summed E-state index contributed by atoms with van der Waals surface area (Å²) >= 11 is 0. The van der Waals surface area contributed by atoms with Gasteiger partial charge in [0.2, 0.25) is 5.95 Å². The van der Waals surface area contributed by atoms with Gasteiger partial charge in [0.15, 0.2) is 5.96 Å². The number of anilines is 1. The summed E-state index contributed by atoms with van der Waals surface area (Å²) in [5.41, 5.74) is 3.00. The van der Waals surface area contributed by atoms with Crippen molar-refractivity contribution < 1.29 is 0 Å². The van der Waals surface area contributed by atoms with Gasteiger partial charge in [0.05, 0.1) is 0 Å². The number of nitrogens with one attached hydrogen (secondary N) is 1. The van der Waals surface area contributed by atoms with Gasteiger partial charge in [-0.3, -0.25) is 9.89 Å². The van der Waals surface area contributed by atoms with Gasteiger partial charge in [-0.1, -0.05) is 24.3 Å². The zero-order valence-corrected chi connectivity index (χ0v) is 18.4. The largest absolute Gasteiger partial charge is 0.354 e. The van der Waals surface area contributed by atoms with E-state index in [9.17, 15) is 0 Å². The van der Waals surface area contributed by atoms with Crippen molar-refractivity contribution in [3.63, 3.8) is 0 Å². The number of aromatic nitrogens is 2. The van der Waals surface area contributed by atoms with E-state index in [1.54, 1.807) is 12.4 Å². The number of nitrogens with zero attached hydrogens (tertiary/aromatic N) is 6. The smallest absolute Gasteiger partial charge is 0.225 e. The van der Waals surface area contributed by atoms with E-state index in [2.05, 4.69) is 73.1 Å². The maximum atomic E-state index is 4.56. The first kappa shape index (κ1) is 20.6. The second-order valence-electron chi connectivity index (χ2n) is 8.68. The van der Waals surface area contributed by atoms with Gasteiger partial charge in [0.1, 0.15) is 0 Å². The van der Waals surface area contributed by atoms with E-state index in [-0.39, 0.29) is 5.54 Å². The highest BCUT2D eigenvalue weighted by molar-refractivity contribution is 5.80. The molecule has 7 nitrogen and oxygen atoms in total. The summed E-state index contributed by atoms with van der Waals surface area (Å²) in [6, 6.07) is 10.7. The van der Waals surface area contributed by atoms with E-state index in [1.807, 2.05) is 13.1 Å². The molecule has 2 aliphatic rings. The lowest BCUT2D eigenvalue weighted by Gasteiger charge is -2.43. The SMILES string of the molecule is CN=C(NCC(C)(C)N1CCc2ccccc2C1)N1CCN(c2ncccn2)CC1. The quantitative estimate of drug-likeness (QED) is 0.618. The predicted molar refractivity (Wildman–Crippen MR) is 122 cm³/mol. The fourth-order valence-electron chi connectivity index (χ4n) is 4.32. The molecule has 1 aromatic carbocycles. The second-order valence-corrected chi connectivity index (χ2v) is 8.68. The van der Waals surface area contributed by atoms with Gasteiger partial charge in [0.25, 0.3) is 0 Å². The van der Waals surface area contributed by atoms with Crippen LogP contribution in [0.25, 0.3) is 0 Å². The minimum absolute atomic E-state index is 0.0448. The average molecular weight is 408 g/mol. The fraction of sp³-hybridized carbons (Fsp3) is 0.522. The molecule has 0 unspecified atom stereocenters. The number of rotatable bonds is 4. The summed E-state index contributed by atoms with van der Waals surface area (Å²) in [5.74, 6) is 1.79. The maximum absolute atomic E-state index is 4.56. The van der Waals surface area contributed by atoms with Crippen molar-refractivity contribution in [1.29, 1.82) is 0 Å². The highest BCUT2D eigenvalue weighted by atomic mass is 15.4. The topological polar surface area (TPSA) is 59.9 Å². The zero-order chi connectivity index (χ0) is 21.0. The van der Waals surface area contributed by atoms with E-state index in [0.29, 0.717) is 0 Å². The van der Waals surface area contributed by atoms with E-state index in [4.69, 9.17) is 0 Å². The van der Waals surface area contributed by atoms with Gasteiger partial charge >= 0.3 is 0 Å². The van der Waals surface area contributed by atoms with Crippen LogP contribution in [0.15, 0.2) is 47.7 Å². The average Bonchev–Trinajstić information content (AvgIpc) is 2.80. The summed E-state index contributed by atoms with van der Waals surface area (Å²) in [6.45, 7) is 11.2. The van der Waals surface area contributed by atoms with Gasteiger partial charge in [-0.2, -0.15) is 0 Å². The summed E-state index contributed by atoms with van der Waals surface area (Å²) in [4.78, 5) is 20.5. The lowest BCUT2D eigenvalue weighted by molar-refractivity contribution is 0.106. The highest BCUT2D eigenvalue weighted by Crippen LogP contribution is 2.25. The highest BCUT2D eigenvalue weighted by Gasteiger charge is 2.30. The molecule has 0 atom stereocenters. The van der Waals surface area contributed by atoms with Gasteiger partial charge in [-0.15, -0.1) is 0 Å². The van der Waals surface area contributed by atoms with E-state index < -0.39 is 0 Å². The molecule has 0 radical (unpaired) electrons. The Morgan fingerprint density at radius 3 is 2.40 bits per heavy atom. The summed E-state index contributed by atoms with van der Waals surface area (Å²) in [6.07, 6.45) is 4.73. The third-order valence-corrected chi connectivity index (χ3v) is 6.29. The van der Waals surface area contributed by atoms with Crippen LogP contribution in [-0.2, 0) is 13.0 Å². The number of guanidine groups is 1. The molecule has 1 fully saturated rings. The van der Waals surface area contributed by atoms with Crippen LogP contribution >= 0.6 is 0 Å². The van der Waals surface area contributed by atoms with Crippen molar-refractivity contribution in [2.45, 2.75) is 32.4 Å². The number of aliphatic imine (C=N–C) groups is 1. The molecule has 3 heterocycles. The van der Waals surface area contributed by atoms with Crippen LogP contribution in [0.2, 0.25) is 0 Å². The molecule has 160 valence electrons. The van der Waals surface area contributed by atoms with Crippen molar-refractivity contribution in [2.24, 2.45) is 4.99 Å². The second kappa shape index (κ2) is 9.00. The summed E-state index contributed by atoms with van der Waals surface area (Å²) in [7, 11) is 1.87. The van der Waals surface area contributed by atoms with E-state index >= 15 is 0 Å². The first-order chi connectivity index (χ1) is 14.6. The van der Waals surface area contributed by atoms with Crippen LogP contribution in [0, 0.1) is 0 Å². The van der Waals surface area contributed by atoms with Crippen molar-refractivity contribution in [1.82, 2.24) is 25.1 Å². The molecule has 1 saturated heterocycles. The third-order valence-electron chi connectivity index (χ3n) is 6.29. The molecule has 2 aromatic rings. The number of hydrogen-bond donors (Lipinski definition) is 1. The van der Waals surface area contributed by atoms with E-state index in [1.165, 1.54) is 11.1 Å². The zero-order valence-electron chi connectivity index (χ0n) is 18.4. The Kier molecular flexibility index (Phi) is 6.18. The van der Waals surface area contributed by atoms with Gasteiger partial charge in [-0.25, -0.2) is 9.97 Å². The Labute approximate surface area is 179 Å². The minimum atomic E-state index is 0.0448. The standard InChI is InChI=1S/C23H33N7/c1-23(2,30-12-9-19-7-4-5-8-20(19)17-30)18-27-21(24-3)28-13-15-29(16-14-28)22-25-10-6-11-26-22/h4-8,10-11H,9,12-18H2,1-3H3,(H,24,27). The van der Waals surface area contributed by atoms with Crippen LogP contribution in [0.3, 0.4) is 0 Å². The molecule has 0 saturated carbocycles. The number of hydrogen-bond acceptors (Lipinski definition) is 5. The molecular weight excluding hydrogens is 374 g/mol. The molecule has 0 bridgehead atoms. The Morgan fingerprint density at radius 1 is 1.00 bits per heavy atom. The minimum Gasteiger partial charge on any atom is -0.354 e. The Hall–Kier alpha value is -2.67. The predicted octanol–water partition coefficient (Wildman–Crippen LogP) is 2.01. The number of benzene rings is 1. The Balaban J connectivity index is 1.31. The fourth-order valence-corrected chi connectivity index (χ4v) is 4.32. The molecule has 0 spiro atoms. The lowest BCUT2D eigenvalue weighted by atomic mass is 9.94. The van der Waals surface area contributed by atoms with Crippen LogP contribution < -0.4 is 10.2 Å². The van der Waals surface area contributed by atoms with Crippen molar-refractivity contribution >= 4 is 11.9 Å². The van der Waals surface area contributed by atoms with Crippen LogP contribution in [0.4, 0.5) is 5.95 Å². The lowest BCUT2D eigenvalue weighted by Crippen LogP contribution is -2.57. The van der Waals surface area contributed by atoms with Gasteiger partial charge < -0.3 is 15.1 Å². The normalized spacial score (nSPS) is 18.3. The summed E-state index contributed by atoms with van der Waals surface area (Å²) < 4.78 is 0. The molecule has 0 aliphatic carbocycles. The van der Waals surface area contributed by atoms with Crippen LogP contribution in [0.5, 0.6) is 0 Å². The third kappa shape index (κ3) is 4.56. The van der Waals surface area contributed by atoms with Crippen molar-refractivity contribution in [2.75, 3.05) is 51.2 Å². The molecule has 1 N–H and O–H groups in total. The molecule has 4 rings (SSSR count). The Morgan fingerprint density at radius 2 is 1.70 bits per heavy atom. The monoisotopic (exact) mass is 407 g/mol. The number of fused-ring (bicyclic) bond motifs is 1. The molecule has 7 heteroatoms. The Bertz CT molecular complexity index is 857. The van der Waals surface area contributed by atoms with Crippen LogP contribution in [-0.4, -0.2) is 77.6 Å². The van der Waals surface area contributed by atoms with Crippen molar-refractivity contribution in [3.8, 4) is 0 Å². The first-order valence-corrected chi connectivity index (χ1v) is 10.9. The van der Waals surface area contributed by atoms with E-state index in [0.717, 1.165) is 64.1 Å². The van der Waals surface area contributed by atoms with Crippen molar-refractivity contribution in [3.05, 3.63) is 53.9 Å². The molecule has 0 amide bonds. The summed E-state index contributed by atoms with van der Waals surface area (Å²) in [5, 5.41) is 3.64. The molecule has 2 aliphatic heterocycles. The molecule has 1 aromatic heterocycles. The molecular formula is C23H33N7. The van der Waals surface area contributed by atoms with Gasteiger partial charge in [-0.05, 0) is 37.5 Å². The van der Waals surface area contributed by atoms with Crippen LogP contribution in [0.1, 0.15) is 25.0 Å².